The predicted molar refractivity (Wildman–Crippen MR) is 79.2 cm³/mol. The first kappa shape index (κ1) is 15.2. The molecule has 0 bridgehead atoms. The largest absolute Gasteiger partial charge is 0.382 e. The summed E-state index contributed by atoms with van der Waals surface area (Å²) in [6.07, 6.45) is 1.91. The molecule has 5 heteroatoms. The molecule has 0 saturated carbocycles. The van der Waals surface area contributed by atoms with E-state index in [4.69, 9.17) is 9.47 Å². The lowest BCUT2D eigenvalue weighted by Gasteiger charge is -2.43. The van der Waals surface area contributed by atoms with Crippen molar-refractivity contribution in [2.24, 2.45) is 0 Å². The summed E-state index contributed by atoms with van der Waals surface area (Å²) < 4.78 is 11.3. The molecule has 0 unspecified atom stereocenters. The van der Waals surface area contributed by atoms with Gasteiger partial charge in [0.1, 0.15) is 11.6 Å². The number of methoxy groups -OCH3 is 1. The molecule has 0 aliphatic carbocycles. The van der Waals surface area contributed by atoms with Gasteiger partial charge in [-0.2, -0.15) is 0 Å². The predicted octanol–water partition coefficient (Wildman–Crippen LogP) is 2.23. The maximum Gasteiger partial charge on any atom is 0.133 e. The van der Waals surface area contributed by atoms with Crippen LogP contribution in [-0.4, -0.2) is 48.5 Å². The Bertz CT molecular complexity index is 448. The lowest BCUT2D eigenvalue weighted by atomic mass is 10.1. The van der Waals surface area contributed by atoms with Crippen LogP contribution in [0.15, 0.2) is 12.3 Å². The molecule has 0 N–H and O–H groups in total. The number of ether oxygens (including phenoxy) is 2. The molecule has 1 atom stereocenters. The summed E-state index contributed by atoms with van der Waals surface area (Å²) in [5.41, 5.74) is -0.204. The maximum absolute atomic E-state index is 6.03. The first-order valence-electron chi connectivity index (χ1n) is 7.16. The van der Waals surface area contributed by atoms with Crippen molar-refractivity contribution in [1.82, 2.24) is 9.97 Å². The lowest BCUT2D eigenvalue weighted by Crippen LogP contribution is -2.54. The third kappa shape index (κ3) is 3.67. The summed E-state index contributed by atoms with van der Waals surface area (Å²) in [5, 5.41) is 0. The fourth-order valence-corrected chi connectivity index (χ4v) is 2.56. The Morgan fingerprint density at radius 3 is 2.90 bits per heavy atom. The summed E-state index contributed by atoms with van der Waals surface area (Å²) in [7, 11) is 1.71. The van der Waals surface area contributed by atoms with Gasteiger partial charge in [-0.05, 0) is 19.9 Å². The van der Waals surface area contributed by atoms with E-state index in [1.807, 2.05) is 12.3 Å². The van der Waals surface area contributed by atoms with E-state index < -0.39 is 0 Å². The molecule has 112 valence electrons. The molecule has 1 aliphatic heterocycles. The quantitative estimate of drug-likeness (QED) is 0.846. The molecule has 5 nitrogen and oxygen atoms in total. The molecule has 1 aromatic heterocycles. The normalized spacial score (nSPS) is 22.3. The lowest BCUT2D eigenvalue weighted by molar-refractivity contribution is -0.106. The van der Waals surface area contributed by atoms with Crippen LogP contribution in [0.25, 0.3) is 0 Å². The minimum Gasteiger partial charge on any atom is -0.382 e. The second kappa shape index (κ2) is 6.06. The third-order valence-electron chi connectivity index (χ3n) is 3.33. The highest BCUT2D eigenvalue weighted by molar-refractivity contribution is 5.39. The van der Waals surface area contributed by atoms with Gasteiger partial charge in [0.25, 0.3) is 0 Å². The third-order valence-corrected chi connectivity index (χ3v) is 3.33. The number of aromatic nitrogens is 2. The first-order valence-corrected chi connectivity index (χ1v) is 7.16. The molecule has 1 aliphatic rings. The van der Waals surface area contributed by atoms with Gasteiger partial charge in [0.15, 0.2) is 0 Å². The Balaban J connectivity index is 2.20. The molecule has 1 aromatic rings. The van der Waals surface area contributed by atoms with Gasteiger partial charge in [0.2, 0.25) is 0 Å². The number of nitrogens with zero attached hydrogens (tertiary/aromatic N) is 3. The number of hydrogen-bond acceptors (Lipinski definition) is 5. The van der Waals surface area contributed by atoms with Crippen LogP contribution >= 0.6 is 0 Å². The highest BCUT2D eigenvalue weighted by Gasteiger charge is 2.34. The van der Waals surface area contributed by atoms with Crippen molar-refractivity contribution in [2.45, 2.75) is 45.3 Å². The van der Waals surface area contributed by atoms with Crippen molar-refractivity contribution in [3.05, 3.63) is 18.1 Å². The highest BCUT2D eigenvalue weighted by Crippen LogP contribution is 2.25. The second-order valence-corrected chi connectivity index (χ2v) is 6.26. The zero-order valence-corrected chi connectivity index (χ0v) is 13.1. The van der Waals surface area contributed by atoms with Crippen LogP contribution in [0, 0.1) is 0 Å². The standard InChI is InChI=1S/C15H25N3O2/c1-11(2)14-16-7-6-13(17-14)18-8-12(9-19-5)20-15(3,4)10-18/h6-7,11-12H,8-10H2,1-5H3/t12-/m0/s1. The zero-order chi connectivity index (χ0) is 14.8. The smallest absolute Gasteiger partial charge is 0.133 e. The van der Waals surface area contributed by atoms with E-state index >= 15 is 0 Å². The summed E-state index contributed by atoms with van der Waals surface area (Å²) in [6.45, 7) is 10.6. The minimum absolute atomic E-state index is 0.0706. The van der Waals surface area contributed by atoms with E-state index in [-0.39, 0.29) is 11.7 Å². The van der Waals surface area contributed by atoms with E-state index in [0.717, 1.165) is 24.7 Å². The fraction of sp³-hybridized carbons (Fsp3) is 0.733. The molecule has 0 aromatic carbocycles. The Morgan fingerprint density at radius 1 is 1.50 bits per heavy atom. The molecule has 0 amide bonds. The Morgan fingerprint density at radius 2 is 2.25 bits per heavy atom. The van der Waals surface area contributed by atoms with Gasteiger partial charge in [-0.3, -0.25) is 0 Å². The molecular weight excluding hydrogens is 254 g/mol. The summed E-state index contributed by atoms with van der Waals surface area (Å²) in [4.78, 5) is 11.3. The Kier molecular flexibility index (Phi) is 4.60. The highest BCUT2D eigenvalue weighted by atomic mass is 16.5. The van der Waals surface area contributed by atoms with Crippen LogP contribution in [0.2, 0.25) is 0 Å². The number of morpholine rings is 1. The van der Waals surface area contributed by atoms with Crippen LogP contribution in [0.3, 0.4) is 0 Å². The van der Waals surface area contributed by atoms with Crippen molar-refractivity contribution >= 4 is 5.82 Å². The number of anilines is 1. The van der Waals surface area contributed by atoms with Gasteiger partial charge in [0.05, 0.1) is 18.3 Å². The van der Waals surface area contributed by atoms with Gasteiger partial charge >= 0.3 is 0 Å². The van der Waals surface area contributed by atoms with Crippen molar-refractivity contribution in [3.8, 4) is 0 Å². The SMILES string of the molecule is COC[C@@H]1CN(c2ccnc(C(C)C)n2)CC(C)(C)O1. The number of rotatable bonds is 4. The average Bonchev–Trinajstić information content (AvgIpc) is 2.37. The average molecular weight is 279 g/mol. The van der Waals surface area contributed by atoms with E-state index in [2.05, 4.69) is 42.6 Å². The second-order valence-electron chi connectivity index (χ2n) is 6.26. The molecule has 0 spiro atoms. The zero-order valence-electron chi connectivity index (χ0n) is 13.1. The van der Waals surface area contributed by atoms with Crippen molar-refractivity contribution in [2.75, 3.05) is 31.7 Å². The van der Waals surface area contributed by atoms with Gasteiger partial charge in [-0.25, -0.2) is 9.97 Å². The van der Waals surface area contributed by atoms with E-state index in [0.29, 0.717) is 12.5 Å². The topological polar surface area (TPSA) is 47.5 Å². The van der Waals surface area contributed by atoms with Gasteiger partial charge in [-0.1, -0.05) is 13.8 Å². The molecule has 1 saturated heterocycles. The summed E-state index contributed by atoms with van der Waals surface area (Å²) in [6, 6.07) is 1.97. The fourth-order valence-electron chi connectivity index (χ4n) is 2.56. The molecule has 0 radical (unpaired) electrons. The van der Waals surface area contributed by atoms with Crippen LogP contribution in [-0.2, 0) is 9.47 Å². The molecular formula is C15H25N3O2. The van der Waals surface area contributed by atoms with Gasteiger partial charge in [-0.15, -0.1) is 0 Å². The van der Waals surface area contributed by atoms with Crippen LogP contribution in [0.1, 0.15) is 39.4 Å². The monoisotopic (exact) mass is 279 g/mol. The minimum atomic E-state index is -0.204. The van der Waals surface area contributed by atoms with E-state index in [1.54, 1.807) is 7.11 Å². The van der Waals surface area contributed by atoms with Crippen molar-refractivity contribution in [3.63, 3.8) is 0 Å². The number of hydrogen-bond donors (Lipinski definition) is 0. The van der Waals surface area contributed by atoms with Crippen LogP contribution in [0.5, 0.6) is 0 Å². The molecule has 20 heavy (non-hydrogen) atoms. The Labute approximate surface area is 121 Å². The van der Waals surface area contributed by atoms with E-state index in [9.17, 15) is 0 Å². The summed E-state index contributed by atoms with van der Waals surface area (Å²) >= 11 is 0. The molecule has 2 heterocycles. The first-order chi connectivity index (χ1) is 9.41. The molecule has 1 fully saturated rings. The van der Waals surface area contributed by atoms with Crippen molar-refractivity contribution in [1.29, 1.82) is 0 Å². The van der Waals surface area contributed by atoms with Gasteiger partial charge < -0.3 is 14.4 Å². The summed E-state index contributed by atoms with van der Waals surface area (Å²) in [5.74, 6) is 2.19. The van der Waals surface area contributed by atoms with Crippen molar-refractivity contribution < 1.29 is 9.47 Å². The van der Waals surface area contributed by atoms with Crippen LogP contribution < -0.4 is 4.90 Å². The molecule has 2 rings (SSSR count). The van der Waals surface area contributed by atoms with E-state index in [1.165, 1.54) is 0 Å². The Hall–Kier alpha value is -1.20. The van der Waals surface area contributed by atoms with Gasteiger partial charge in [0, 0.05) is 32.3 Å². The maximum atomic E-state index is 6.03. The van der Waals surface area contributed by atoms with Crippen LogP contribution in [0.4, 0.5) is 5.82 Å².